The monoisotopic (exact) mass is 256 g/mol. The molecule has 100 valence electrons. The highest BCUT2D eigenvalue weighted by molar-refractivity contribution is 6.17. The number of carbonyl (C=O) groups excluding carboxylic acids is 3. The van der Waals surface area contributed by atoms with Crippen molar-refractivity contribution in [3.05, 3.63) is 0 Å². The summed E-state index contributed by atoms with van der Waals surface area (Å²) in [6.45, 7) is 3.37. The number of carbonyl (C=O) groups is 4. The van der Waals surface area contributed by atoms with Crippen LogP contribution in [0.25, 0.3) is 0 Å². The van der Waals surface area contributed by atoms with Crippen LogP contribution in [0.5, 0.6) is 0 Å². The molecule has 2 unspecified atom stereocenters. The van der Waals surface area contributed by atoms with E-state index in [1.165, 1.54) is 6.92 Å². The number of nitrogens with one attached hydrogen (secondary N) is 1. The molecule has 0 aromatic heterocycles. The van der Waals surface area contributed by atoms with Crippen LogP contribution < -0.4 is 5.32 Å². The van der Waals surface area contributed by atoms with Crippen LogP contribution in [-0.4, -0.2) is 40.4 Å². The molecule has 0 saturated carbocycles. The maximum atomic E-state index is 12.0. The molecule has 1 rings (SSSR count). The van der Waals surface area contributed by atoms with Crippen molar-refractivity contribution >= 4 is 23.8 Å². The zero-order valence-corrected chi connectivity index (χ0v) is 10.3. The number of urea groups is 1. The third kappa shape index (κ3) is 2.66. The van der Waals surface area contributed by atoms with E-state index in [1.807, 2.05) is 12.2 Å². The molecular weight excluding hydrogens is 240 g/mol. The van der Waals surface area contributed by atoms with Gasteiger partial charge in [-0.15, -0.1) is 0 Å². The Kier molecular flexibility index (Phi) is 4.41. The van der Waals surface area contributed by atoms with E-state index in [9.17, 15) is 19.2 Å². The zero-order chi connectivity index (χ0) is 13.9. The maximum Gasteiger partial charge on any atom is 0.330 e. The molecule has 18 heavy (non-hydrogen) atoms. The van der Waals surface area contributed by atoms with Crippen molar-refractivity contribution in [2.45, 2.75) is 26.7 Å². The first-order valence-corrected chi connectivity index (χ1v) is 5.79. The Balaban J connectivity index is 2.91. The van der Waals surface area contributed by atoms with E-state index in [0.29, 0.717) is 6.42 Å². The van der Waals surface area contributed by atoms with Gasteiger partial charge in [0, 0.05) is 6.54 Å². The molecule has 1 aliphatic heterocycles. The van der Waals surface area contributed by atoms with Gasteiger partial charge in [0.2, 0.25) is 11.8 Å². The van der Waals surface area contributed by atoms with Crippen LogP contribution in [0.4, 0.5) is 4.79 Å². The van der Waals surface area contributed by atoms with Gasteiger partial charge in [0.15, 0.2) is 0 Å². The second-order valence-electron chi connectivity index (χ2n) is 4.24. The van der Waals surface area contributed by atoms with Crippen molar-refractivity contribution in [1.82, 2.24) is 10.2 Å². The summed E-state index contributed by atoms with van der Waals surface area (Å²) >= 11 is 0. The molecule has 0 spiro atoms. The molecule has 1 aliphatic rings. The Morgan fingerprint density at radius 3 is 2.56 bits per heavy atom. The van der Waals surface area contributed by atoms with Gasteiger partial charge >= 0.3 is 12.0 Å². The molecule has 0 aromatic carbocycles. The van der Waals surface area contributed by atoms with E-state index in [2.05, 4.69) is 0 Å². The van der Waals surface area contributed by atoms with Gasteiger partial charge in [0.1, 0.15) is 5.92 Å². The predicted octanol–water partition coefficient (Wildman–Crippen LogP) is 0.202. The topological polar surface area (TPSA) is 104 Å². The number of hydrogen-bond donors (Lipinski definition) is 2. The average molecular weight is 256 g/mol. The molecule has 0 bridgehead atoms. The normalized spacial score (nSPS) is 21.8. The average Bonchev–Trinajstić information content (AvgIpc) is 2.28. The lowest BCUT2D eigenvalue weighted by atomic mass is 9.90. The number of hydrogen-bond acceptors (Lipinski definition) is 4. The molecule has 2 atom stereocenters. The van der Waals surface area contributed by atoms with Crippen LogP contribution in [0.1, 0.15) is 26.7 Å². The van der Waals surface area contributed by atoms with E-state index in [1.54, 1.807) is 0 Å². The lowest BCUT2D eigenvalue weighted by Gasteiger charge is -2.31. The summed E-state index contributed by atoms with van der Waals surface area (Å²) in [6, 6.07) is -0.771. The SMILES string of the molecule is CCCCN1C(=O)NC(=O)C(C(C)C(=O)O)C1=O. The number of unbranched alkanes of at least 4 members (excludes halogenated alkanes) is 1. The van der Waals surface area contributed by atoms with Gasteiger partial charge in [-0.2, -0.15) is 0 Å². The lowest BCUT2D eigenvalue weighted by Crippen LogP contribution is -2.60. The predicted molar refractivity (Wildman–Crippen MR) is 60.4 cm³/mol. The number of barbiturate groups is 1. The zero-order valence-electron chi connectivity index (χ0n) is 10.3. The second kappa shape index (κ2) is 5.61. The number of rotatable bonds is 5. The fraction of sp³-hybridized carbons (Fsp3) is 0.636. The highest BCUT2D eigenvalue weighted by Gasteiger charge is 2.45. The standard InChI is InChI=1S/C11H16N2O5/c1-3-4-5-13-9(15)7(6(2)10(16)17)8(14)12-11(13)18/h6-7H,3-5H2,1-2H3,(H,16,17)(H,12,14,18). The van der Waals surface area contributed by atoms with E-state index in [4.69, 9.17) is 5.11 Å². The van der Waals surface area contributed by atoms with Crippen LogP contribution in [0.2, 0.25) is 0 Å². The maximum absolute atomic E-state index is 12.0. The Labute approximate surface area is 104 Å². The summed E-state index contributed by atoms with van der Waals surface area (Å²) in [4.78, 5) is 46.8. The summed E-state index contributed by atoms with van der Waals surface area (Å²) in [5.41, 5.74) is 0. The Bertz CT molecular complexity index is 393. The molecule has 7 heteroatoms. The third-order valence-corrected chi connectivity index (χ3v) is 2.91. The molecule has 1 fully saturated rings. The lowest BCUT2D eigenvalue weighted by molar-refractivity contribution is -0.154. The Hall–Kier alpha value is -1.92. The van der Waals surface area contributed by atoms with Crippen LogP contribution in [0.15, 0.2) is 0 Å². The van der Waals surface area contributed by atoms with Crippen LogP contribution in [0.3, 0.4) is 0 Å². The first-order chi connectivity index (χ1) is 8.40. The number of carboxylic acids is 1. The first-order valence-electron chi connectivity index (χ1n) is 5.79. The second-order valence-corrected chi connectivity index (χ2v) is 4.24. The van der Waals surface area contributed by atoms with Crippen molar-refractivity contribution < 1.29 is 24.3 Å². The van der Waals surface area contributed by atoms with Gasteiger partial charge in [0.05, 0.1) is 5.92 Å². The van der Waals surface area contributed by atoms with Crippen LogP contribution >= 0.6 is 0 Å². The fourth-order valence-electron chi connectivity index (χ4n) is 1.74. The minimum Gasteiger partial charge on any atom is -0.481 e. The molecule has 4 amide bonds. The molecule has 1 saturated heterocycles. The van der Waals surface area contributed by atoms with Crippen molar-refractivity contribution in [3.8, 4) is 0 Å². The summed E-state index contributed by atoms with van der Waals surface area (Å²) < 4.78 is 0. The van der Waals surface area contributed by atoms with E-state index >= 15 is 0 Å². The van der Waals surface area contributed by atoms with Gasteiger partial charge in [-0.25, -0.2) is 4.79 Å². The number of aliphatic carboxylic acids is 1. The van der Waals surface area contributed by atoms with Gasteiger partial charge < -0.3 is 5.11 Å². The minimum atomic E-state index is -1.34. The van der Waals surface area contributed by atoms with Crippen molar-refractivity contribution in [2.24, 2.45) is 11.8 Å². The van der Waals surface area contributed by atoms with Crippen LogP contribution in [0, 0.1) is 11.8 Å². The van der Waals surface area contributed by atoms with Crippen molar-refractivity contribution in [1.29, 1.82) is 0 Å². The first kappa shape index (κ1) is 14.1. The summed E-state index contributed by atoms with van der Waals surface area (Å²) in [5.74, 6) is -5.31. The third-order valence-electron chi connectivity index (χ3n) is 2.91. The molecule has 0 radical (unpaired) electrons. The van der Waals surface area contributed by atoms with Gasteiger partial charge in [-0.05, 0) is 6.42 Å². The van der Waals surface area contributed by atoms with Crippen LogP contribution in [-0.2, 0) is 14.4 Å². The molecule has 7 nitrogen and oxygen atoms in total. The molecule has 2 N–H and O–H groups in total. The van der Waals surface area contributed by atoms with Gasteiger partial charge in [-0.3, -0.25) is 24.6 Å². The summed E-state index contributed by atoms with van der Waals surface area (Å²) in [6.07, 6.45) is 1.39. The highest BCUT2D eigenvalue weighted by atomic mass is 16.4. The fourth-order valence-corrected chi connectivity index (χ4v) is 1.74. The van der Waals surface area contributed by atoms with E-state index in [0.717, 1.165) is 11.3 Å². The summed E-state index contributed by atoms with van der Waals surface area (Å²) in [5, 5.41) is 10.9. The largest absolute Gasteiger partial charge is 0.481 e. The molecular formula is C11H16N2O5. The number of imide groups is 2. The smallest absolute Gasteiger partial charge is 0.330 e. The number of nitrogens with zero attached hydrogens (tertiary/aromatic N) is 1. The number of amides is 4. The van der Waals surface area contributed by atoms with Crippen molar-refractivity contribution in [2.75, 3.05) is 6.54 Å². The molecule has 0 aliphatic carbocycles. The molecule has 0 aromatic rings. The Morgan fingerprint density at radius 2 is 2.06 bits per heavy atom. The summed E-state index contributed by atoms with van der Waals surface area (Å²) in [7, 11) is 0. The number of carboxylic acid groups (broad SMARTS) is 1. The van der Waals surface area contributed by atoms with Gasteiger partial charge in [-0.1, -0.05) is 20.3 Å². The van der Waals surface area contributed by atoms with E-state index < -0.39 is 35.7 Å². The Morgan fingerprint density at radius 1 is 1.44 bits per heavy atom. The minimum absolute atomic E-state index is 0.192. The highest BCUT2D eigenvalue weighted by Crippen LogP contribution is 2.20. The quantitative estimate of drug-likeness (QED) is 0.684. The van der Waals surface area contributed by atoms with Crippen molar-refractivity contribution in [3.63, 3.8) is 0 Å². The van der Waals surface area contributed by atoms with Gasteiger partial charge in [0.25, 0.3) is 0 Å². The van der Waals surface area contributed by atoms with E-state index in [-0.39, 0.29) is 6.54 Å². The molecule has 1 heterocycles.